The molecular weight excluding hydrogens is 531 g/mol. The van der Waals surface area contributed by atoms with E-state index in [1.165, 1.54) is 12.7 Å². The second-order valence-corrected chi connectivity index (χ2v) is 9.14. The lowest BCUT2D eigenvalue weighted by Gasteiger charge is -2.19. The van der Waals surface area contributed by atoms with Crippen LogP contribution in [0.25, 0.3) is 11.2 Å². The molecule has 1 saturated heterocycles. The van der Waals surface area contributed by atoms with Crippen molar-refractivity contribution in [2.24, 2.45) is 0 Å². The fraction of sp³-hybridized carbons (Fsp3) is 0.208. The van der Waals surface area contributed by atoms with E-state index >= 15 is 0 Å². The summed E-state index contributed by atoms with van der Waals surface area (Å²) in [5.41, 5.74) is 1.53. The van der Waals surface area contributed by atoms with Gasteiger partial charge in [-0.1, -0.05) is 34.8 Å². The maximum absolute atomic E-state index is 12.8. The Morgan fingerprint density at radius 2 is 1.56 bits per heavy atom. The van der Waals surface area contributed by atoms with Gasteiger partial charge in [0.05, 0.1) is 17.5 Å². The minimum atomic E-state index is -0.753. The van der Waals surface area contributed by atoms with Crippen LogP contribution >= 0.6 is 34.8 Å². The number of nitrogens with zero attached hydrogens (tertiary/aromatic N) is 4. The number of halogens is 3. The first kappa shape index (κ1) is 24.5. The minimum absolute atomic E-state index is 0.154. The molecular formula is C24H17Cl3N4O5. The molecule has 4 aromatic rings. The van der Waals surface area contributed by atoms with Crippen LogP contribution in [0.3, 0.4) is 0 Å². The fourth-order valence-corrected chi connectivity index (χ4v) is 4.23. The maximum atomic E-state index is 12.8. The Balaban J connectivity index is 1.36. The van der Waals surface area contributed by atoms with Gasteiger partial charge in [0.25, 0.3) is 0 Å². The number of esters is 2. The van der Waals surface area contributed by atoms with E-state index in [0.717, 1.165) is 0 Å². The van der Waals surface area contributed by atoms with Crippen molar-refractivity contribution in [1.29, 1.82) is 0 Å². The van der Waals surface area contributed by atoms with Gasteiger partial charge in [-0.05, 0) is 48.5 Å². The summed E-state index contributed by atoms with van der Waals surface area (Å²) < 4.78 is 19.1. The Morgan fingerprint density at radius 3 is 2.22 bits per heavy atom. The number of ether oxygens (including phenoxy) is 3. The zero-order valence-corrected chi connectivity index (χ0v) is 20.7. The number of imidazole rings is 1. The summed E-state index contributed by atoms with van der Waals surface area (Å²) in [5.74, 6) is -1.12. The lowest BCUT2D eigenvalue weighted by atomic mass is 10.1. The molecule has 0 radical (unpaired) electrons. The van der Waals surface area contributed by atoms with E-state index in [1.807, 2.05) is 0 Å². The second kappa shape index (κ2) is 10.4. The maximum Gasteiger partial charge on any atom is 0.338 e. The molecule has 2 aromatic heterocycles. The van der Waals surface area contributed by atoms with Crippen molar-refractivity contribution in [3.05, 3.63) is 87.5 Å². The Labute approximate surface area is 219 Å². The monoisotopic (exact) mass is 546 g/mol. The molecule has 12 heteroatoms. The third-order valence-electron chi connectivity index (χ3n) is 5.60. The van der Waals surface area contributed by atoms with Crippen molar-refractivity contribution in [3.63, 3.8) is 0 Å². The number of carbonyl (C=O) groups excluding carboxylic acids is 2. The standard InChI is InChI=1S/C24H17Cl3N4O5/c25-15-5-1-13(2-6-15)23(32)34-10-18-17(36-24(33)14-3-7-16(26)8-4-14)9-19(35-18)31-12-30-20-21(27)28-11-29-22(20)31/h1-8,11-12,17-19H,9-10H2/t17-,18+,19+/m0/s1. The summed E-state index contributed by atoms with van der Waals surface area (Å²) in [4.78, 5) is 37.8. The number of benzene rings is 2. The molecule has 1 aliphatic rings. The largest absolute Gasteiger partial charge is 0.459 e. The minimum Gasteiger partial charge on any atom is -0.459 e. The Bertz CT molecular complexity index is 1410. The highest BCUT2D eigenvalue weighted by atomic mass is 35.5. The van der Waals surface area contributed by atoms with E-state index in [0.29, 0.717) is 32.3 Å². The Kier molecular flexibility index (Phi) is 7.06. The lowest BCUT2D eigenvalue weighted by Crippen LogP contribution is -2.32. The fourth-order valence-electron chi connectivity index (χ4n) is 3.80. The Hall–Kier alpha value is -3.24. The zero-order valence-electron chi connectivity index (χ0n) is 18.4. The van der Waals surface area contributed by atoms with Crippen LogP contribution in [0.1, 0.15) is 33.4 Å². The molecule has 1 fully saturated rings. The molecule has 2 aromatic carbocycles. The number of hydrogen-bond donors (Lipinski definition) is 0. The van der Waals surface area contributed by atoms with Gasteiger partial charge in [-0.25, -0.2) is 24.5 Å². The molecule has 0 amide bonds. The van der Waals surface area contributed by atoms with E-state index in [4.69, 9.17) is 49.0 Å². The summed E-state index contributed by atoms with van der Waals surface area (Å²) in [7, 11) is 0. The average molecular weight is 548 g/mol. The number of fused-ring (bicyclic) bond motifs is 1. The van der Waals surface area contributed by atoms with Crippen molar-refractivity contribution >= 4 is 57.9 Å². The number of carbonyl (C=O) groups is 2. The molecule has 3 atom stereocenters. The van der Waals surface area contributed by atoms with Crippen molar-refractivity contribution in [1.82, 2.24) is 19.5 Å². The predicted octanol–water partition coefficient (Wildman–Crippen LogP) is 5.16. The van der Waals surface area contributed by atoms with Gasteiger partial charge in [0.2, 0.25) is 0 Å². The van der Waals surface area contributed by atoms with Crippen molar-refractivity contribution in [2.45, 2.75) is 24.9 Å². The molecule has 0 bridgehead atoms. The molecule has 3 heterocycles. The zero-order chi connectivity index (χ0) is 25.2. The van der Waals surface area contributed by atoms with Crippen LogP contribution in [0.4, 0.5) is 0 Å². The normalized spacial score (nSPS) is 19.4. The number of aromatic nitrogens is 4. The molecule has 0 unspecified atom stereocenters. The van der Waals surface area contributed by atoms with Crippen molar-refractivity contribution < 1.29 is 23.8 Å². The SMILES string of the molecule is O=C(OC[C@H]1O[C@@H](n2cnc3c(Cl)ncnc32)C[C@@H]1OC(=O)c1ccc(Cl)cc1)c1ccc(Cl)cc1. The van der Waals surface area contributed by atoms with E-state index in [9.17, 15) is 9.59 Å². The van der Waals surface area contributed by atoms with Gasteiger partial charge >= 0.3 is 11.9 Å². The van der Waals surface area contributed by atoms with Crippen molar-refractivity contribution in [2.75, 3.05) is 6.61 Å². The molecule has 5 rings (SSSR count). The van der Waals surface area contributed by atoms with E-state index in [2.05, 4.69) is 15.0 Å². The summed E-state index contributed by atoms with van der Waals surface area (Å²) in [5, 5.41) is 1.20. The van der Waals surface area contributed by atoms with Gasteiger partial charge in [0.15, 0.2) is 10.8 Å². The average Bonchev–Trinajstić information content (AvgIpc) is 3.48. The number of rotatable bonds is 6. The molecule has 0 aliphatic carbocycles. The van der Waals surface area contributed by atoms with Crippen LogP contribution < -0.4 is 0 Å². The van der Waals surface area contributed by atoms with Crippen LogP contribution in [0.2, 0.25) is 15.2 Å². The molecule has 0 N–H and O–H groups in total. The van der Waals surface area contributed by atoms with Crippen LogP contribution in [0.15, 0.2) is 61.2 Å². The van der Waals surface area contributed by atoms with Gasteiger partial charge in [0.1, 0.15) is 36.9 Å². The quantitative estimate of drug-likeness (QED) is 0.241. The molecule has 1 aliphatic heterocycles. The molecule has 9 nitrogen and oxygen atoms in total. The molecule has 184 valence electrons. The van der Waals surface area contributed by atoms with Crippen LogP contribution in [-0.2, 0) is 14.2 Å². The summed E-state index contributed by atoms with van der Waals surface area (Å²) in [6.45, 7) is -0.154. The summed E-state index contributed by atoms with van der Waals surface area (Å²) in [6, 6.07) is 12.6. The number of hydrogen-bond acceptors (Lipinski definition) is 8. The predicted molar refractivity (Wildman–Crippen MR) is 131 cm³/mol. The first-order valence-electron chi connectivity index (χ1n) is 10.8. The summed E-state index contributed by atoms with van der Waals surface area (Å²) >= 11 is 17.9. The van der Waals surface area contributed by atoms with Gasteiger partial charge in [-0.15, -0.1) is 0 Å². The molecule has 0 saturated carbocycles. The third kappa shape index (κ3) is 5.15. The highest BCUT2D eigenvalue weighted by molar-refractivity contribution is 6.33. The first-order valence-corrected chi connectivity index (χ1v) is 11.9. The van der Waals surface area contributed by atoms with Gasteiger partial charge in [-0.2, -0.15) is 0 Å². The van der Waals surface area contributed by atoms with Gasteiger partial charge < -0.3 is 14.2 Å². The molecule has 0 spiro atoms. The van der Waals surface area contributed by atoms with Gasteiger partial charge in [0, 0.05) is 16.5 Å². The highest BCUT2D eigenvalue weighted by Gasteiger charge is 2.40. The highest BCUT2D eigenvalue weighted by Crippen LogP contribution is 2.34. The van der Waals surface area contributed by atoms with Crippen LogP contribution in [-0.4, -0.2) is 50.3 Å². The smallest absolute Gasteiger partial charge is 0.338 e. The first-order chi connectivity index (χ1) is 17.4. The van der Waals surface area contributed by atoms with Gasteiger partial charge in [-0.3, -0.25) is 4.57 Å². The Morgan fingerprint density at radius 1 is 0.917 bits per heavy atom. The topological polar surface area (TPSA) is 105 Å². The van der Waals surface area contributed by atoms with Crippen molar-refractivity contribution in [3.8, 4) is 0 Å². The van der Waals surface area contributed by atoms with Crippen LogP contribution in [0.5, 0.6) is 0 Å². The second-order valence-electron chi connectivity index (χ2n) is 7.91. The van der Waals surface area contributed by atoms with E-state index in [1.54, 1.807) is 53.1 Å². The van der Waals surface area contributed by atoms with Crippen LogP contribution in [0, 0.1) is 0 Å². The lowest BCUT2D eigenvalue weighted by molar-refractivity contribution is -0.0563. The summed E-state index contributed by atoms with van der Waals surface area (Å²) in [6.07, 6.45) is 1.01. The molecule has 36 heavy (non-hydrogen) atoms. The van der Waals surface area contributed by atoms with E-state index < -0.39 is 30.4 Å². The van der Waals surface area contributed by atoms with E-state index in [-0.39, 0.29) is 18.2 Å². The third-order valence-corrected chi connectivity index (χ3v) is 6.38.